The van der Waals surface area contributed by atoms with E-state index < -0.39 is 15.9 Å². The summed E-state index contributed by atoms with van der Waals surface area (Å²) in [6.07, 6.45) is 5.05. The number of pyridine rings is 1. The Balaban J connectivity index is 1.85. The highest BCUT2D eigenvalue weighted by atomic mass is 32.2. The number of benzene rings is 1. The predicted octanol–water partition coefficient (Wildman–Crippen LogP) is 2.17. The van der Waals surface area contributed by atoms with Crippen LogP contribution in [0.1, 0.15) is 17.2 Å². The van der Waals surface area contributed by atoms with Gasteiger partial charge in [-0.15, -0.1) is 0 Å². The molecule has 6 heteroatoms. The Morgan fingerprint density at radius 3 is 2.45 bits per heavy atom. The molecule has 1 atom stereocenters. The Labute approximate surface area is 128 Å². The Morgan fingerprint density at radius 1 is 1.14 bits per heavy atom. The van der Waals surface area contributed by atoms with Crippen molar-refractivity contribution in [3.63, 3.8) is 0 Å². The van der Waals surface area contributed by atoms with Gasteiger partial charge in [-0.3, -0.25) is 9.78 Å². The third-order valence-electron chi connectivity index (χ3n) is 3.41. The Hall–Kier alpha value is -2.47. The van der Waals surface area contributed by atoms with Crippen molar-refractivity contribution in [1.29, 1.82) is 0 Å². The summed E-state index contributed by atoms with van der Waals surface area (Å²) >= 11 is 0. The zero-order valence-corrected chi connectivity index (χ0v) is 12.6. The van der Waals surface area contributed by atoms with Crippen molar-refractivity contribution in [3.05, 3.63) is 66.2 Å². The van der Waals surface area contributed by atoms with Crippen LogP contribution in [0.25, 0.3) is 5.57 Å². The fourth-order valence-corrected chi connectivity index (χ4v) is 2.88. The van der Waals surface area contributed by atoms with Gasteiger partial charge in [0.25, 0.3) is 0 Å². The van der Waals surface area contributed by atoms with E-state index >= 15 is 0 Å². The molecule has 1 aliphatic heterocycles. The first-order valence-corrected chi connectivity index (χ1v) is 8.46. The van der Waals surface area contributed by atoms with Gasteiger partial charge in [0, 0.05) is 29.8 Å². The van der Waals surface area contributed by atoms with E-state index in [0.717, 1.165) is 6.26 Å². The van der Waals surface area contributed by atoms with Crippen LogP contribution >= 0.6 is 0 Å². The molecular weight excluding hydrogens is 302 g/mol. The van der Waals surface area contributed by atoms with Crippen molar-refractivity contribution >= 4 is 21.2 Å². The van der Waals surface area contributed by atoms with Gasteiger partial charge in [-0.1, -0.05) is 18.2 Å². The second-order valence-corrected chi connectivity index (χ2v) is 7.01. The van der Waals surface area contributed by atoms with Gasteiger partial charge in [-0.2, -0.15) is 0 Å². The summed E-state index contributed by atoms with van der Waals surface area (Å²) in [5.74, 6) is -0.167. The molecule has 0 bridgehead atoms. The number of hydrogen-bond acceptors (Lipinski definition) is 5. The highest BCUT2D eigenvalue weighted by Crippen LogP contribution is 2.33. The van der Waals surface area contributed by atoms with Crippen molar-refractivity contribution in [2.75, 3.05) is 6.26 Å². The summed E-state index contributed by atoms with van der Waals surface area (Å²) in [6.45, 7) is 0. The molecule has 0 saturated carbocycles. The lowest BCUT2D eigenvalue weighted by Gasteiger charge is -2.10. The molecule has 0 N–H and O–H groups in total. The maximum Gasteiger partial charge on any atom is 0.211 e. The summed E-state index contributed by atoms with van der Waals surface area (Å²) in [5.41, 5.74) is 1.78. The minimum absolute atomic E-state index is 0.167. The van der Waals surface area contributed by atoms with E-state index in [-0.39, 0.29) is 10.7 Å². The van der Waals surface area contributed by atoms with Gasteiger partial charge in [0.05, 0.1) is 16.7 Å². The van der Waals surface area contributed by atoms with E-state index in [9.17, 15) is 13.2 Å². The molecular formula is C16H13NO4S. The molecule has 112 valence electrons. The van der Waals surface area contributed by atoms with Crippen LogP contribution in [-0.4, -0.2) is 25.4 Å². The fourth-order valence-electron chi connectivity index (χ4n) is 2.25. The number of Topliss-reactive ketones (excluding diaryl/α,β-unsaturated/α-hetero) is 1. The molecule has 1 aliphatic rings. The minimum atomic E-state index is -3.26. The Kier molecular flexibility index (Phi) is 3.54. The van der Waals surface area contributed by atoms with Gasteiger partial charge in [-0.05, 0) is 18.2 Å². The third-order valence-corrected chi connectivity index (χ3v) is 4.54. The van der Waals surface area contributed by atoms with Gasteiger partial charge < -0.3 is 4.74 Å². The van der Waals surface area contributed by atoms with Crippen LogP contribution in [0.3, 0.4) is 0 Å². The molecule has 0 spiro atoms. The van der Waals surface area contributed by atoms with Gasteiger partial charge in [0.1, 0.15) is 0 Å². The molecule has 0 radical (unpaired) electrons. The number of aromatic nitrogens is 1. The lowest BCUT2D eigenvalue weighted by Crippen LogP contribution is -2.10. The molecule has 5 nitrogen and oxygen atoms in total. The van der Waals surface area contributed by atoms with Crippen LogP contribution in [0.4, 0.5) is 0 Å². The number of nitrogens with zero attached hydrogens (tertiary/aromatic N) is 1. The number of ketones is 1. The zero-order chi connectivity index (χ0) is 15.7. The van der Waals surface area contributed by atoms with E-state index in [1.165, 1.54) is 18.4 Å². The quantitative estimate of drug-likeness (QED) is 0.868. The molecule has 22 heavy (non-hydrogen) atoms. The summed E-state index contributed by atoms with van der Waals surface area (Å²) < 4.78 is 28.4. The normalized spacial score (nSPS) is 18.0. The number of rotatable bonds is 3. The smallest absolute Gasteiger partial charge is 0.211 e. The van der Waals surface area contributed by atoms with Crippen molar-refractivity contribution < 1.29 is 17.9 Å². The average Bonchev–Trinajstić information content (AvgIpc) is 2.89. The first-order valence-electron chi connectivity index (χ1n) is 6.57. The molecule has 1 aromatic carbocycles. The molecule has 3 rings (SSSR count). The highest BCUT2D eigenvalue weighted by Gasteiger charge is 2.31. The maximum absolute atomic E-state index is 12.4. The molecule has 0 aliphatic carbocycles. The van der Waals surface area contributed by atoms with Gasteiger partial charge >= 0.3 is 0 Å². The van der Waals surface area contributed by atoms with Crippen LogP contribution in [0, 0.1) is 0 Å². The van der Waals surface area contributed by atoms with Gasteiger partial charge in [0.15, 0.2) is 15.9 Å². The maximum atomic E-state index is 12.4. The fraction of sp³-hybridized carbons (Fsp3) is 0.125. The third kappa shape index (κ3) is 2.65. The van der Waals surface area contributed by atoms with Crippen molar-refractivity contribution in [1.82, 2.24) is 4.98 Å². The molecule has 2 aromatic rings. The number of sulfone groups is 1. The van der Waals surface area contributed by atoms with Crippen LogP contribution in [0.5, 0.6) is 0 Å². The van der Waals surface area contributed by atoms with Crippen LogP contribution in [-0.2, 0) is 19.4 Å². The second-order valence-electron chi connectivity index (χ2n) is 4.99. The molecule has 2 heterocycles. The zero-order valence-electron chi connectivity index (χ0n) is 11.8. The molecule has 1 unspecified atom stereocenters. The van der Waals surface area contributed by atoms with Gasteiger partial charge in [-0.25, -0.2) is 8.42 Å². The van der Waals surface area contributed by atoms with E-state index in [0.29, 0.717) is 16.7 Å². The summed E-state index contributed by atoms with van der Waals surface area (Å²) in [5, 5.41) is 0. The number of ether oxygens (including phenoxy) is 1. The number of carbonyl (C=O) groups excluding carboxylic acids is 1. The average molecular weight is 315 g/mol. The van der Waals surface area contributed by atoms with Crippen molar-refractivity contribution in [2.24, 2.45) is 0 Å². The number of carbonyl (C=O) groups is 1. The molecule has 0 fully saturated rings. The summed E-state index contributed by atoms with van der Waals surface area (Å²) in [4.78, 5) is 16.6. The monoisotopic (exact) mass is 315 g/mol. The largest absolute Gasteiger partial charge is 0.484 e. The van der Waals surface area contributed by atoms with Crippen molar-refractivity contribution in [3.8, 4) is 0 Å². The molecule has 0 amide bonds. The summed E-state index contributed by atoms with van der Waals surface area (Å²) in [6, 6.07) is 9.68. The predicted molar refractivity (Wildman–Crippen MR) is 80.6 cm³/mol. The summed E-state index contributed by atoms with van der Waals surface area (Å²) in [7, 11) is -3.26. The molecule has 1 aromatic heterocycles. The van der Waals surface area contributed by atoms with E-state index in [1.807, 2.05) is 0 Å². The van der Waals surface area contributed by atoms with E-state index in [4.69, 9.17) is 4.74 Å². The van der Waals surface area contributed by atoms with Crippen LogP contribution < -0.4 is 0 Å². The van der Waals surface area contributed by atoms with Crippen molar-refractivity contribution in [2.45, 2.75) is 11.0 Å². The number of hydrogen-bond donors (Lipinski definition) is 0. The minimum Gasteiger partial charge on any atom is -0.484 e. The highest BCUT2D eigenvalue weighted by molar-refractivity contribution is 7.90. The van der Waals surface area contributed by atoms with E-state index in [1.54, 1.807) is 36.7 Å². The molecule has 0 saturated heterocycles. The van der Waals surface area contributed by atoms with Crippen LogP contribution in [0.2, 0.25) is 0 Å². The lowest BCUT2D eigenvalue weighted by molar-refractivity contribution is -0.119. The first kappa shape index (κ1) is 14.5. The SMILES string of the molecule is CS(=O)(=O)c1ccc(C2OC=C(c3cccnc3)C2=O)cc1. The lowest BCUT2D eigenvalue weighted by atomic mass is 9.99. The first-order chi connectivity index (χ1) is 10.5. The Bertz CT molecular complexity index is 839. The standard InChI is InChI=1S/C16H13NO4S/c1-22(19,20)13-6-4-11(5-7-13)16-15(18)14(10-21-16)12-3-2-8-17-9-12/h2-10,16H,1H3. The van der Waals surface area contributed by atoms with Gasteiger partial charge in [0.2, 0.25) is 5.78 Å². The Morgan fingerprint density at radius 2 is 1.86 bits per heavy atom. The van der Waals surface area contributed by atoms with Crippen LogP contribution in [0.15, 0.2) is 59.9 Å². The second kappa shape index (κ2) is 5.38. The topological polar surface area (TPSA) is 73.3 Å². The van der Waals surface area contributed by atoms with E-state index in [2.05, 4.69) is 4.98 Å².